The van der Waals surface area contributed by atoms with Gasteiger partial charge in [-0.2, -0.15) is 5.26 Å². The van der Waals surface area contributed by atoms with E-state index in [1.165, 1.54) is 6.07 Å². The van der Waals surface area contributed by atoms with E-state index in [4.69, 9.17) is 5.26 Å². The largest absolute Gasteiger partial charge is 0.379 e. The first kappa shape index (κ1) is 9.97. The minimum Gasteiger partial charge on any atom is -0.379 e. The summed E-state index contributed by atoms with van der Waals surface area (Å²) in [5, 5.41) is 11.7. The van der Waals surface area contributed by atoms with Crippen LogP contribution in [0.25, 0.3) is 0 Å². The molecular formula is C12H13FN2. The summed E-state index contributed by atoms with van der Waals surface area (Å²) in [4.78, 5) is 0. The van der Waals surface area contributed by atoms with Gasteiger partial charge < -0.3 is 5.32 Å². The van der Waals surface area contributed by atoms with Gasteiger partial charge in [-0.15, -0.1) is 0 Å². The average Bonchev–Trinajstić information content (AvgIpc) is 2.77. The summed E-state index contributed by atoms with van der Waals surface area (Å²) in [6.07, 6.45) is 1.06. The molecule has 0 saturated heterocycles. The first-order chi connectivity index (χ1) is 7.03. The van der Waals surface area contributed by atoms with E-state index in [2.05, 4.69) is 19.2 Å². The number of nitrogens with zero attached hydrogens (tertiary/aromatic N) is 1. The minimum absolute atomic E-state index is 0.264. The summed E-state index contributed by atoms with van der Waals surface area (Å²) < 4.78 is 13.5. The molecule has 0 spiro atoms. The fourth-order valence-corrected chi connectivity index (χ4v) is 1.60. The molecule has 2 nitrogen and oxygen atoms in total. The van der Waals surface area contributed by atoms with Gasteiger partial charge in [0, 0.05) is 6.04 Å². The molecule has 1 aliphatic rings. The summed E-state index contributed by atoms with van der Waals surface area (Å²) in [5.74, 6) is -0.350. The normalized spacial score (nSPS) is 21.9. The molecule has 1 unspecified atom stereocenters. The number of hydrogen-bond donors (Lipinski definition) is 1. The van der Waals surface area contributed by atoms with E-state index in [0.29, 0.717) is 17.3 Å². The summed E-state index contributed by atoms with van der Waals surface area (Å²) in [7, 11) is 0. The molecule has 0 heterocycles. The molecule has 1 N–H and O–H groups in total. The van der Waals surface area contributed by atoms with Gasteiger partial charge in [0.15, 0.2) is 0 Å². The van der Waals surface area contributed by atoms with E-state index in [-0.39, 0.29) is 11.2 Å². The fraction of sp³-hybridized carbons (Fsp3) is 0.417. The van der Waals surface area contributed by atoms with Crippen LogP contribution in [0.15, 0.2) is 18.2 Å². The standard InChI is InChI=1S/C12H13FN2/c1-12(2)6-11(12)15-10-4-3-8(7-14)5-9(10)13/h3-5,11,15H,6H2,1-2H3. The van der Waals surface area contributed by atoms with Crippen molar-refractivity contribution in [3.8, 4) is 6.07 Å². The van der Waals surface area contributed by atoms with E-state index in [0.717, 1.165) is 6.42 Å². The van der Waals surface area contributed by atoms with Crippen LogP contribution in [-0.2, 0) is 0 Å². The number of anilines is 1. The van der Waals surface area contributed by atoms with Crippen molar-refractivity contribution in [1.82, 2.24) is 0 Å². The van der Waals surface area contributed by atoms with Gasteiger partial charge in [-0.3, -0.25) is 0 Å². The van der Waals surface area contributed by atoms with E-state index in [1.54, 1.807) is 12.1 Å². The van der Waals surface area contributed by atoms with Crippen LogP contribution in [0.2, 0.25) is 0 Å². The van der Waals surface area contributed by atoms with Gasteiger partial charge in [-0.05, 0) is 30.0 Å². The van der Waals surface area contributed by atoms with E-state index in [9.17, 15) is 4.39 Å². The molecule has 0 aliphatic heterocycles. The first-order valence-electron chi connectivity index (χ1n) is 4.99. The van der Waals surface area contributed by atoms with Crippen molar-refractivity contribution < 1.29 is 4.39 Å². The third kappa shape index (κ3) is 1.94. The Labute approximate surface area is 88.7 Å². The molecule has 3 heteroatoms. The maximum atomic E-state index is 13.5. The summed E-state index contributed by atoms with van der Waals surface area (Å²) >= 11 is 0. The van der Waals surface area contributed by atoms with Crippen molar-refractivity contribution in [3.05, 3.63) is 29.6 Å². The molecule has 78 valence electrons. The van der Waals surface area contributed by atoms with Crippen molar-refractivity contribution in [3.63, 3.8) is 0 Å². The topological polar surface area (TPSA) is 35.8 Å². The number of nitrogens with one attached hydrogen (secondary N) is 1. The van der Waals surface area contributed by atoms with Gasteiger partial charge in [0.25, 0.3) is 0 Å². The first-order valence-corrected chi connectivity index (χ1v) is 4.99. The summed E-state index contributed by atoms with van der Waals surface area (Å²) in [5.41, 5.74) is 1.11. The van der Waals surface area contributed by atoms with Crippen molar-refractivity contribution in [1.29, 1.82) is 5.26 Å². The predicted octanol–water partition coefficient (Wildman–Crippen LogP) is 2.91. The maximum Gasteiger partial charge on any atom is 0.147 e. The Kier molecular flexibility index (Phi) is 2.15. The number of benzene rings is 1. The van der Waals surface area contributed by atoms with E-state index in [1.807, 2.05) is 6.07 Å². The molecule has 0 aromatic heterocycles. The van der Waals surface area contributed by atoms with Crippen LogP contribution < -0.4 is 5.32 Å². The molecule has 1 atom stereocenters. The van der Waals surface area contributed by atoms with Gasteiger partial charge in [0.1, 0.15) is 5.82 Å². The molecular weight excluding hydrogens is 191 g/mol. The zero-order valence-corrected chi connectivity index (χ0v) is 8.84. The second kappa shape index (κ2) is 3.23. The number of hydrogen-bond acceptors (Lipinski definition) is 2. The lowest BCUT2D eigenvalue weighted by molar-refractivity contribution is 0.614. The molecule has 1 fully saturated rings. The lowest BCUT2D eigenvalue weighted by atomic mass is 10.1. The zero-order valence-electron chi connectivity index (χ0n) is 8.84. The number of rotatable bonds is 2. The van der Waals surface area contributed by atoms with E-state index < -0.39 is 0 Å². The van der Waals surface area contributed by atoms with Gasteiger partial charge >= 0.3 is 0 Å². The summed E-state index contributed by atoms with van der Waals surface area (Å²) in [6, 6.07) is 6.77. The SMILES string of the molecule is CC1(C)CC1Nc1ccc(C#N)cc1F. The Morgan fingerprint density at radius 1 is 1.53 bits per heavy atom. The lowest BCUT2D eigenvalue weighted by Gasteiger charge is -2.09. The smallest absolute Gasteiger partial charge is 0.147 e. The Morgan fingerprint density at radius 3 is 2.67 bits per heavy atom. The molecule has 1 aliphatic carbocycles. The molecule has 2 rings (SSSR count). The number of halogens is 1. The van der Waals surface area contributed by atoms with Gasteiger partial charge in [-0.25, -0.2) is 4.39 Å². The zero-order chi connectivity index (χ0) is 11.1. The van der Waals surface area contributed by atoms with Crippen LogP contribution in [-0.4, -0.2) is 6.04 Å². The second-order valence-corrected chi connectivity index (χ2v) is 4.70. The Bertz CT molecular complexity index is 432. The van der Waals surface area contributed by atoms with Crippen LogP contribution in [0.5, 0.6) is 0 Å². The molecule has 0 radical (unpaired) electrons. The van der Waals surface area contributed by atoms with Crippen LogP contribution >= 0.6 is 0 Å². The minimum atomic E-state index is -0.350. The van der Waals surface area contributed by atoms with Crippen LogP contribution in [0.1, 0.15) is 25.8 Å². The van der Waals surface area contributed by atoms with Gasteiger partial charge in [-0.1, -0.05) is 13.8 Å². The lowest BCUT2D eigenvalue weighted by Crippen LogP contribution is -2.09. The average molecular weight is 204 g/mol. The molecule has 0 bridgehead atoms. The van der Waals surface area contributed by atoms with E-state index >= 15 is 0 Å². The van der Waals surface area contributed by atoms with Crippen LogP contribution in [0.3, 0.4) is 0 Å². The Morgan fingerprint density at radius 2 is 2.20 bits per heavy atom. The number of nitriles is 1. The van der Waals surface area contributed by atoms with Gasteiger partial charge in [0.2, 0.25) is 0 Å². The quantitative estimate of drug-likeness (QED) is 0.804. The van der Waals surface area contributed by atoms with Gasteiger partial charge in [0.05, 0.1) is 17.3 Å². The highest BCUT2D eigenvalue weighted by molar-refractivity contribution is 5.50. The third-order valence-corrected chi connectivity index (χ3v) is 2.94. The molecule has 15 heavy (non-hydrogen) atoms. The highest BCUT2D eigenvalue weighted by Crippen LogP contribution is 2.46. The molecule has 1 aromatic rings. The monoisotopic (exact) mass is 204 g/mol. The Balaban J connectivity index is 2.14. The molecule has 1 aromatic carbocycles. The van der Waals surface area contributed by atoms with Crippen molar-refractivity contribution >= 4 is 5.69 Å². The third-order valence-electron chi connectivity index (χ3n) is 2.94. The fourth-order valence-electron chi connectivity index (χ4n) is 1.60. The van der Waals surface area contributed by atoms with Crippen molar-refractivity contribution in [2.75, 3.05) is 5.32 Å². The van der Waals surface area contributed by atoms with Crippen LogP contribution in [0.4, 0.5) is 10.1 Å². The van der Waals surface area contributed by atoms with Crippen LogP contribution in [0, 0.1) is 22.6 Å². The highest BCUT2D eigenvalue weighted by Gasteiger charge is 2.45. The highest BCUT2D eigenvalue weighted by atomic mass is 19.1. The Hall–Kier alpha value is -1.56. The maximum absolute atomic E-state index is 13.5. The van der Waals surface area contributed by atoms with Crippen molar-refractivity contribution in [2.24, 2.45) is 5.41 Å². The molecule has 0 amide bonds. The van der Waals surface area contributed by atoms with Crippen molar-refractivity contribution in [2.45, 2.75) is 26.3 Å². The molecule has 1 saturated carbocycles. The summed E-state index contributed by atoms with van der Waals surface area (Å²) in [6.45, 7) is 4.29. The predicted molar refractivity (Wildman–Crippen MR) is 56.9 cm³/mol. The second-order valence-electron chi connectivity index (χ2n) is 4.70.